The molecule has 2 amide bonds. The van der Waals surface area contributed by atoms with E-state index in [9.17, 15) is 9.59 Å². The minimum absolute atomic E-state index is 0.130. The topological polar surface area (TPSA) is 58.6 Å². The highest BCUT2D eigenvalue weighted by atomic mass is 16.5. The molecule has 118 valence electrons. The number of benzene rings is 2. The highest BCUT2D eigenvalue weighted by molar-refractivity contribution is 6.23. The smallest absolute Gasteiger partial charge is 0.256 e. The SMILES string of the molecule is COc1ccccc1N1C(=O)C[C@H](Nc2ccccc2C)C1=O. The molecule has 0 unspecified atom stereocenters. The summed E-state index contributed by atoms with van der Waals surface area (Å²) in [6, 6.07) is 14.2. The Labute approximate surface area is 134 Å². The lowest BCUT2D eigenvalue weighted by Crippen LogP contribution is -2.35. The highest BCUT2D eigenvalue weighted by Gasteiger charge is 2.40. The fraction of sp³-hybridized carbons (Fsp3) is 0.222. The number of imide groups is 1. The summed E-state index contributed by atoms with van der Waals surface area (Å²) in [5.74, 6) is 0.0130. The van der Waals surface area contributed by atoms with Gasteiger partial charge in [0.25, 0.3) is 5.91 Å². The molecule has 0 aliphatic carbocycles. The van der Waals surface area contributed by atoms with Gasteiger partial charge in [0.15, 0.2) is 0 Å². The van der Waals surface area contributed by atoms with Crippen LogP contribution in [0.1, 0.15) is 12.0 Å². The lowest BCUT2D eigenvalue weighted by molar-refractivity contribution is -0.121. The van der Waals surface area contributed by atoms with E-state index in [2.05, 4.69) is 5.32 Å². The van der Waals surface area contributed by atoms with E-state index in [4.69, 9.17) is 4.74 Å². The monoisotopic (exact) mass is 310 g/mol. The number of methoxy groups -OCH3 is 1. The number of carbonyl (C=O) groups is 2. The quantitative estimate of drug-likeness (QED) is 0.882. The number of hydrogen-bond acceptors (Lipinski definition) is 4. The molecule has 1 atom stereocenters. The Morgan fingerprint density at radius 3 is 2.52 bits per heavy atom. The van der Waals surface area contributed by atoms with Crippen molar-refractivity contribution in [2.24, 2.45) is 0 Å². The van der Waals surface area contributed by atoms with Gasteiger partial charge in [0, 0.05) is 5.69 Å². The summed E-state index contributed by atoms with van der Waals surface area (Å²) in [6.07, 6.45) is 0.130. The number of aryl methyl sites for hydroxylation is 1. The lowest BCUT2D eigenvalue weighted by atomic mass is 10.1. The number of hydrogen-bond donors (Lipinski definition) is 1. The van der Waals surface area contributed by atoms with E-state index in [0.29, 0.717) is 11.4 Å². The van der Waals surface area contributed by atoms with Crippen molar-refractivity contribution >= 4 is 23.2 Å². The minimum atomic E-state index is -0.562. The van der Waals surface area contributed by atoms with Gasteiger partial charge in [-0.1, -0.05) is 30.3 Å². The minimum Gasteiger partial charge on any atom is -0.495 e. The van der Waals surface area contributed by atoms with Crippen LogP contribution in [0, 0.1) is 6.92 Å². The summed E-state index contributed by atoms with van der Waals surface area (Å²) < 4.78 is 5.26. The molecule has 0 saturated carbocycles. The molecule has 23 heavy (non-hydrogen) atoms. The second kappa shape index (κ2) is 6.12. The van der Waals surface area contributed by atoms with Crippen LogP contribution >= 0.6 is 0 Å². The molecule has 5 nitrogen and oxygen atoms in total. The summed E-state index contributed by atoms with van der Waals surface area (Å²) >= 11 is 0. The maximum Gasteiger partial charge on any atom is 0.256 e. The number of amides is 2. The third kappa shape index (κ3) is 2.77. The molecule has 3 rings (SSSR count). The first-order chi connectivity index (χ1) is 11.1. The Morgan fingerprint density at radius 1 is 1.09 bits per heavy atom. The molecule has 1 aliphatic heterocycles. The fourth-order valence-electron chi connectivity index (χ4n) is 2.73. The number of nitrogens with zero attached hydrogens (tertiary/aromatic N) is 1. The standard InChI is InChI=1S/C18H18N2O3/c1-12-7-3-4-8-13(12)19-14-11-17(21)20(18(14)22)15-9-5-6-10-16(15)23-2/h3-10,14,19H,11H2,1-2H3/t14-/m0/s1. The zero-order valence-electron chi connectivity index (χ0n) is 13.1. The molecule has 1 saturated heterocycles. The Bertz CT molecular complexity index is 757. The van der Waals surface area contributed by atoms with Crippen molar-refractivity contribution in [3.8, 4) is 5.75 Å². The van der Waals surface area contributed by atoms with Gasteiger partial charge in [-0.05, 0) is 30.7 Å². The second-order valence-corrected chi connectivity index (χ2v) is 5.46. The average Bonchev–Trinajstić information content (AvgIpc) is 2.83. The number of anilines is 2. The van der Waals surface area contributed by atoms with Crippen LogP contribution < -0.4 is 15.0 Å². The van der Waals surface area contributed by atoms with Crippen LogP contribution in [0.5, 0.6) is 5.75 Å². The number of ether oxygens (including phenoxy) is 1. The first kappa shape index (κ1) is 15.1. The van der Waals surface area contributed by atoms with E-state index in [0.717, 1.165) is 11.3 Å². The Hall–Kier alpha value is -2.82. The maximum atomic E-state index is 12.7. The van der Waals surface area contributed by atoms with E-state index in [1.807, 2.05) is 31.2 Å². The van der Waals surface area contributed by atoms with E-state index in [-0.39, 0.29) is 18.2 Å². The summed E-state index contributed by atoms with van der Waals surface area (Å²) in [4.78, 5) is 26.2. The summed E-state index contributed by atoms with van der Waals surface area (Å²) in [6.45, 7) is 1.96. The Kier molecular flexibility index (Phi) is 4.02. The summed E-state index contributed by atoms with van der Waals surface area (Å²) in [5, 5.41) is 3.17. The molecule has 0 aromatic heterocycles. The normalized spacial score (nSPS) is 17.5. The Morgan fingerprint density at radius 2 is 1.78 bits per heavy atom. The molecule has 0 spiro atoms. The summed E-state index contributed by atoms with van der Waals surface area (Å²) in [7, 11) is 1.52. The van der Waals surface area contributed by atoms with Gasteiger partial charge >= 0.3 is 0 Å². The van der Waals surface area contributed by atoms with Gasteiger partial charge < -0.3 is 10.1 Å². The van der Waals surface area contributed by atoms with E-state index < -0.39 is 6.04 Å². The predicted molar refractivity (Wildman–Crippen MR) is 88.7 cm³/mol. The van der Waals surface area contributed by atoms with Gasteiger partial charge in [0.2, 0.25) is 5.91 Å². The molecule has 1 fully saturated rings. The number of rotatable bonds is 4. The van der Waals surface area contributed by atoms with Crippen LogP contribution in [0.15, 0.2) is 48.5 Å². The molecule has 2 aromatic carbocycles. The third-order valence-electron chi connectivity index (χ3n) is 3.95. The molecule has 1 N–H and O–H groups in total. The fourth-order valence-corrected chi connectivity index (χ4v) is 2.73. The number of nitrogens with one attached hydrogen (secondary N) is 1. The zero-order valence-corrected chi connectivity index (χ0v) is 13.1. The van der Waals surface area contributed by atoms with Crippen molar-refractivity contribution < 1.29 is 14.3 Å². The van der Waals surface area contributed by atoms with Gasteiger partial charge in [-0.25, -0.2) is 4.90 Å². The molecule has 1 aliphatic rings. The first-order valence-electron chi connectivity index (χ1n) is 7.44. The van der Waals surface area contributed by atoms with Crippen LogP contribution in [-0.4, -0.2) is 25.0 Å². The van der Waals surface area contributed by atoms with Gasteiger partial charge in [0.05, 0.1) is 19.2 Å². The Balaban J connectivity index is 1.87. The molecule has 5 heteroatoms. The molecule has 1 heterocycles. The first-order valence-corrected chi connectivity index (χ1v) is 7.44. The van der Waals surface area contributed by atoms with Crippen LogP contribution in [0.25, 0.3) is 0 Å². The highest BCUT2D eigenvalue weighted by Crippen LogP contribution is 2.32. The molecular weight excluding hydrogens is 292 g/mol. The lowest BCUT2D eigenvalue weighted by Gasteiger charge is -2.18. The number of carbonyl (C=O) groups excluding carboxylic acids is 2. The van der Waals surface area contributed by atoms with E-state index >= 15 is 0 Å². The van der Waals surface area contributed by atoms with E-state index in [1.165, 1.54) is 12.0 Å². The van der Waals surface area contributed by atoms with Crippen molar-refractivity contribution in [3.63, 3.8) is 0 Å². The molecule has 0 radical (unpaired) electrons. The van der Waals surface area contributed by atoms with Crippen LogP contribution in [-0.2, 0) is 9.59 Å². The summed E-state index contributed by atoms with van der Waals surface area (Å²) in [5.41, 5.74) is 2.38. The van der Waals surface area contributed by atoms with Crippen LogP contribution in [0.3, 0.4) is 0 Å². The number of para-hydroxylation sites is 3. The molecule has 0 bridgehead atoms. The van der Waals surface area contributed by atoms with Crippen molar-refractivity contribution in [2.45, 2.75) is 19.4 Å². The van der Waals surface area contributed by atoms with Gasteiger partial charge in [-0.2, -0.15) is 0 Å². The van der Waals surface area contributed by atoms with E-state index in [1.54, 1.807) is 24.3 Å². The van der Waals surface area contributed by atoms with Crippen molar-refractivity contribution in [1.29, 1.82) is 0 Å². The van der Waals surface area contributed by atoms with Gasteiger partial charge in [-0.3, -0.25) is 9.59 Å². The van der Waals surface area contributed by atoms with Crippen molar-refractivity contribution in [3.05, 3.63) is 54.1 Å². The second-order valence-electron chi connectivity index (χ2n) is 5.46. The van der Waals surface area contributed by atoms with Crippen LogP contribution in [0.2, 0.25) is 0 Å². The zero-order chi connectivity index (χ0) is 16.4. The predicted octanol–water partition coefficient (Wildman–Crippen LogP) is 2.75. The van der Waals surface area contributed by atoms with Gasteiger partial charge in [-0.15, -0.1) is 0 Å². The van der Waals surface area contributed by atoms with Crippen LogP contribution in [0.4, 0.5) is 11.4 Å². The maximum absolute atomic E-state index is 12.7. The largest absolute Gasteiger partial charge is 0.495 e. The molecular formula is C18H18N2O3. The van der Waals surface area contributed by atoms with Crippen molar-refractivity contribution in [1.82, 2.24) is 0 Å². The van der Waals surface area contributed by atoms with Crippen molar-refractivity contribution in [2.75, 3.05) is 17.3 Å². The average molecular weight is 310 g/mol. The van der Waals surface area contributed by atoms with Gasteiger partial charge in [0.1, 0.15) is 11.8 Å². The third-order valence-corrected chi connectivity index (χ3v) is 3.95. The molecule has 2 aromatic rings.